The Kier molecular flexibility index (Phi) is 5.23. The van der Waals surface area contributed by atoms with Crippen molar-refractivity contribution in [1.82, 2.24) is 10.2 Å². The Balaban J connectivity index is 1.59. The number of nitrogens with one attached hydrogen (secondary N) is 2. The van der Waals surface area contributed by atoms with E-state index in [1.807, 2.05) is 6.92 Å². The highest BCUT2D eigenvalue weighted by molar-refractivity contribution is 7.16. The van der Waals surface area contributed by atoms with Gasteiger partial charge < -0.3 is 30.1 Å². The van der Waals surface area contributed by atoms with E-state index in [1.54, 1.807) is 30.0 Å². The van der Waals surface area contributed by atoms with Gasteiger partial charge in [0.05, 0.1) is 25.3 Å². The molecule has 154 valence electrons. The lowest BCUT2D eigenvalue weighted by Crippen LogP contribution is -2.39. The van der Waals surface area contributed by atoms with Crippen LogP contribution >= 0.6 is 11.3 Å². The molecule has 4 rings (SSSR count). The predicted molar refractivity (Wildman–Crippen MR) is 109 cm³/mol. The van der Waals surface area contributed by atoms with Crippen LogP contribution in [0.3, 0.4) is 0 Å². The summed E-state index contributed by atoms with van der Waals surface area (Å²) < 4.78 is 10.5. The van der Waals surface area contributed by atoms with Crippen LogP contribution < -0.4 is 15.4 Å². The Morgan fingerprint density at radius 1 is 1.31 bits per heavy atom. The van der Waals surface area contributed by atoms with Crippen molar-refractivity contribution in [3.05, 3.63) is 39.8 Å². The zero-order valence-corrected chi connectivity index (χ0v) is 17.1. The molecular formula is C20H23N3O5S. The fraction of sp³-hybridized carbons (Fsp3) is 0.400. The van der Waals surface area contributed by atoms with E-state index in [9.17, 15) is 14.7 Å². The van der Waals surface area contributed by atoms with Gasteiger partial charge >= 0.3 is 6.09 Å². The fourth-order valence-electron chi connectivity index (χ4n) is 3.63. The van der Waals surface area contributed by atoms with E-state index in [-0.39, 0.29) is 17.7 Å². The number of ether oxygens (including phenoxy) is 2. The monoisotopic (exact) mass is 417 g/mol. The van der Waals surface area contributed by atoms with E-state index in [2.05, 4.69) is 10.6 Å². The minimum atomic E-state index is -0.434. The van der Waals surface area contributed by atoms with Gasteiger partial charge in [-0.05, 0) is 43.5 Å². The first kappa shape index (κ1) is 19.4. The molecule has 0 aliphatic carbocycles. The molecule has 0 spiro atoms. The lowest BCUT2D eigenvalue weighted by molar-refractivity contribution is 0.0934. The number of carbonyl (C=O) groups excluding carboxylic acids is 2. The third kappa shape index (κ3) is 3.57. The highest BCUT2D eigenvalue weighted by Gasteiger charge is 2.34. The standard InChI is InChI=1S/C20H23N3O5S/c1-3-27-14-9-11(5-6-13(14)24)17-21-18(25)16-12-7-8-23(20(26)28-4-2)10-15(12)29-19(16)22-17/h5-6,9,17,22,24H,3-4,7-8,10H2,1-2H3,(H,21,25)/t17-/m0/s1. The predicted octanol–water partition coefficient (Wildman–Crippen LogP) is 3.22. The summed E-state index contributed by atoms with van der Waals surface area (Å²) in [5, 5.41) is 17.1. The van der Waals surface area contributed by atoms with Crippen LogP contribution in [0.15, 0.2) is 18.2 Å². The summed E-state index contributed by atoms with van der Waals surface area (Å²) in [6.45, 7) is 5.37. The van der Waals surface area contributed by atoms with Crippen LogP contribution in [0.2, 0.25) is 0 Å². The number of anilines is 1. The van der Waals surface area contributed by atoms with Crippen molar-refractivity contribution in [1.29, 1.82) is 0 Å². The van der Waals surface area contributed by atoms with Gasteiger partial charge in [-0.2, -0.15) is 0 Å². The highest BCUT2D eigenvalue weighted by atomic mass is 32.1. The number of thiophene rings is 1. The number of rotatable bonds is 4. The molecule has 1 atom stereocenters. The molecule has 0 unspecified atom stereocenters. The van der Waals surface area contributed by atoms with Crippen molar-refractivity contribution in [3.63, 3.8) is 0 Å². The maximum Gasteiger partial charge on any atom is 0.410 e. The molecule has 0 bridgehead atoms. The second-order valence-electron chi connectivity index (χ2n) is 6.79. The summed E-state index contributed by atoms with van der Waals surface area (Å²) in [6, 6.07) is 5.02. The molecule has 3 N–H and O–H groups in total. The van der Waals surface area contributed by atoms with Crippen LogP contribution in [0.1, 0.15) is 46.4 Å². The quantitative estimate of drug-likeness (QED) is 0.706. The van der Waals surface area contributed by atoms with E-state index in [1.165, 1.54) is 11.3 Å². The summed E-state index contributed by atoms with van der Waals surface area (Å²) in [7, 11) is 0. The van der Waals surface area contributed by atoms with E-state index in [0.29, 0.717) is 44.0 Å². The summed E-state index contributed by atoms with van der Waals surface area (Å²) in [5.41, 5.74) is 2.44. The largest absolute Gasteiger partial charge is 0.504 e. The topological polar surface area (TPSA) is 100 Å². The van der Waals surface area contributed by atoms with Crippen molar-refractivity contribution in [2.45, 2.75) is 33.0 Å². The first-order valence-electron chi connectivity index (χ1n) is 9.61. The minimum Gasteiger partial charge on any atom is -0.504 e. The highest BCUT2D eigenvalue weighted by Crippen LogP contribution is 2.41. The second-order valence-corrected chi connectivity index (χ2v) is 7.89. The van der Waals surface area contributed by atoms with Crippen molar-refractivity contribution in [3.8, 4) is 11.5 Å². The number of carbonyl (C=O) groups is 2. The normalized spacial score (nSPS) is 17.7. The van der Waals surface area contributed by atoms with Crippen LogP contribution in [-0.2, 0) is 17.7 Å². The first-order valence-corrected chi connectivity index (χ1v) is 10.4. The molecule has 2 aromatic rings. The molecule has 0 saturated carbocycles. The van der Waals surface area contributed by atoms with E-state index >= 15 is 0 Å². The Hall–Kier alpha value is -2.94. The van der Waals surface area contributed by atoms with Crippen LogP contribution in [-0.4, -0.2) is 41.8 Å². The van der Waals surface area contributed by atoms with Crippen molar-refractivity contribution in [2.75, 3.05) is 25.1 Å². The number of aromatic hydroxyl groups is 1. The Morgan fingerprint density at radius 2 is 2.14 bits per heavy atom. The maximum absolute atomic E-state index is 12.9. The lowest BCUT2D eigenvalue weighted by Gasteiger charge is -2.28. The molecule has 1 aromatic carbocycles. The molecule has 9 heteroatoms. The second kappa shape index (κ2) is 7.82. The number of fused-ring (bicyclic) bond motifs is 3. The number of amides is 2. The molecule has 2 aliphatic heterocycles. The average molecular weight is 417 g/mol. The van der Waals surface area contributed by atoms with Gasteiger partial charge in [-0.15, -0.1) is 11.3 Å². The van der Waals surface area contributed by atoms with Gasteiger partial charge in [0, 0.05) is 11.4 Å². The van der Waals surface area contributed by atoms with Gasteiger partial charge in [0.15, 0.2) is 11.5 Å². The molecule has 8 nitrogen and oxygen atoms in total. The zero-order valence-electron chi connectivity index (χ0n) is 16.3. The van der Waals surface area contributed by atoms with Crippen molar-refractivity contribution >= 4 is 28.3 Å². The Bertz CT molecular complexity index is 958. The van der Waals surface area contributed by atoms with Gasteiger partial charge in [0.2, 0.25) is 0 Å². The molecular weight excluding hydrogens is 394 g/mol. The summed E-state index contributed by atoms with van der Waals surface area (Å²) in [4.78, 5) is 27.6. The third-order valence-electron chi connectivity index (χ3n) is 4.98. The van der Waals surface area contributed by atoms with Crippen LogP contribution in [0, 0.1) is 0 Å². The smallest absolute Gasteiger partial charge is 0.410 e. The van der Waals surface area contributed by atoms with Gasteiger partial charge in [0.25, 0.3) is 5.91 Å². The van der Waals surface area contributed by atoms with Gasteiger partial charge in [0.1, 0.15) is 11.2 Å². The van der Waals surface area contributed by atoms with Gasteiger partial charge in [-0.25, -0.2) is 4.79 Å². The number of phenols is 1. The molecule has 2 aliphatic rings. The molecule has 0 fully saturated rings. The molecule has 29 heavy (non-hydrogen) atoms. The number of hydrogen-bond donors (Lipinski definition) is 3. The van der Waals surface area contributed by atoms with Crippen molar-refractivity contribution < 1.29 is 24.2 Å². The minimum absolute atomic E-state index is 0.0593. The zero-order chi connectivity index (χ0) is 20.5. The molecule has 2 amide bonds. The first-order chi connectivity index (χ1) is 14.0. The number of hydrogen-bond acceptors (Lipinski definition) is 7. The number of phenolic OH excluding ortho intramolecular Hbond substituents is 1. The number of benzene rings is 1. The fourth-order valence-corrected chi connectivity index (χ4v) is 4.92. The summed E-state index contributed by atoms with van der Waals surface area (Å²) in [5.74, 6) is 0.295. The van der Waals surface area contributed by atoms with Crippen LogP contribution in [0.25, 0.3) is 0 Å². The summed E-state index contributed by atoms with van der Waals surface area (Å²) >= 11 is 1.49. The van der Waals surface area contributed by atoms with Gasteiger partial charge in [-0.3, -0.25) is 4.79 Å². The number of nitrogens with zero attached hydrogens (tertiary/aromatic N) is 1. The Morgan fingerprint density at radius 3 is 2.90 bits per heavy atom. The van der Waals surface area contributed by atoms with E-state index in [4.69, 9.17) is 9.47 Å². The molecule has 1 aromatic heterocycles. The van der Waals surface area contributed by atoms with E-state index < -0.39 is 6.17 Å². The maximum atomic E-state index is 12.9. The Labute approximate surface area is 172 Å². The SMILES string of the molecule is CCOC(=O)N1CCc2c(sc3c2C(=O)N[C@H](c2ccc(O)c(OCC)c2)N3)C1. The molecule has 0 radical (unpaired) electrons. The average Bonchev–Trinajstić information content (AvgIpc) is 3.08. The van der Waals surface area contributed by atoms with Gasteiger partial charge in [-0.1, -0.05) is 6.07 Å². The third-order valence-corrected chi connectivity index (χ3v) is 6.13. The van der Waals surface area contributed by atoms with E-state index in [0.717, 1.165) is 21.0 Å². The molecule has 3 heterocycles. The lowest BCUT2D eigenvalue weighted by atomic mass is 10.0. The molecule has 0 saturated heterocycles. The summed E-state index contributed by atoms with van der Waals surface area (Å²) in [6.07, 6.45) is -0.142. The van der Waals surface area contributed by atoms with Crippen LogP contribution in [0.4, 0.5) is 9.80 Å². The van der Waals surface area contributed by atoms with Crippen molar-refractivity contribution in [2.24, 2.45) is 0 Å². The van der Waals surface area contributed by atoms with Crippen LogP contribution in [0.5, 0.6) is 11.5 Å².